The quantitative estimate of drug-likeness (QED) is 0.674. The van der Waals surface area contributed by atoms with Gasteiger partial charge in [0.15, 0.2) is 0 Å². The second kappa shape index (κ2) is 32.6. The molecule has 0 unspecified atom stereocenters. The van der Waals surface area contributed by atoms with E-state index in [2.05, 4.69) is 30.8 Å². The molecular formula is C9H25NO. The van der Waals surface area contributed by atoms with Crippen molar-refractivity contribution in [1.29, 1.82) is 0 Å². The van der Waals surface area contributed by atoms with Crippen LogP contribution in [0.3, 0.4) is 0 Å². The third-order valence-corrected chi connectivity index (χ3v) is 0.642. The van der Waals surface area contributed by atoms with Gasteiger partial charge in [-0.05, 0) is 20.5 Å². The molecule has 0 aromatic carbocycles. The van der Waals surface area contributed by atoms with E-state index in [1.54, 1.807) is 7.11 Å². The summed E-state index contributed by atoms with van der Waals surface area (Å²) in [5.74, 6) is 0. The van der Waals surface area contributed by atoms with Crippen LogP contribution in [0.5, 0.6) is 0 Å². The van der Waals surface area contributed by atoms with Crippen molar-refractivity contribution in [3.8, 4) is 0 Å². The van der Waals surface area contributed by atoms with Gasteiger partial charge in [-0.25, -0.2) is 0 Å². The van der Waals surface area contributed by atoms with Crippen LogP contribution < -0.4 is 5.32 Å². The summed E-state index contributed by atoms with van der Waals surface area (Å²) in [7, 11) is 3.61. The van der Waals surface area contributed by atoms with Gasteiger partial charge in [0.25, 0.3) is 0 Å². The van der Waals surface area contributed by atoms with Gasteiger partial charge in [-0.3, -0.25) is 0 Å². The van der Waals surface area contributed by atoms with E-state index in [4.69, 9.17) is 0 Å². The van der Waals surface area contributed by atoms with Crippen molar-refractivity contribution in [2.24, 2.45) is 0 Å². The van der Waals surface area contributed by atoms with Crippen LogP contribution in [0.1, 0.15) is 34.1 Å². The van der Waals surface area contributed by atoms with Crippen molar-refractivity contribution in [1.82, 2.24) is 5.32 Å². The van der Waals surface area contributed by atoms with Crippen LogP contribution in [-0.2, 0) is 4.74 Å². The Labute approximate surface area is 72.3 Å². The van der Waals surface area contributed by atoms with E-state index >= 15 is 0 Å². The van der Waals surface area contributed by atoms with Crippen molar-refractivity contribution in [3.63, 3.8) is 0 Å². The molecule has 0 aliphatic carbocycles. The lowest BCUT2D eigenvalue weighted by Gasteiger charge is -1.76. The normalized spacial score (nSPS) is 7.09. The van der Waals surface area contributed by atoms with Gasteiger partial charge in [0, 0.05) is 13.7 Å². The van der Waals surface area contributed by atoms with Crippen LogP contribution in [0, 0.1) is 0 Å². The first kappa shape index (κ1) is 17.1. The molecule has 0 atom stereocenters. The number of methoxy groups -OCH3 is 1. The molecular weight excluding hydrogens is 138 g/mol. The summed E-state index contributed by atoms with van der Waals surface area (Å²) in [5, 5.41) is 2.93. The topological polar surface area (TPSA) is 21.3 Å². The SMILES string of the molecule is CCC.CCNC.CCOC. The van der Waals surface area contributed by atoms with Crippen LogP contribution >= 0.6 is 0 Å². The first-order valence-electron chi connectivity index (χ1n) is 4.38. The van der Waals surface area contributed by atoms with Crippen LogP contribution in [0.15, 0.2) is 0 Å². The smallest absolute Gasteiger partial charge is 0.0433 e. The Hall–Kier alpha value is -0.0800. The third-order valence-electron chi connectivity index (χ3n) is 0.642. The fourth-order valence-corrected chi connectivity index (χ4v) is 0. The van der Waals surface area contributed by atoms with E-state index in [9.17, 15) is 0 Å². The molecule has 2 heteroatoms. The monoisotopic (exact) mass is 163 g/mol. The van der Waals surface area contributed by atoms with Gasteiger partial charge < -0.3 is 10.1 Å². The van der Waals surface area contributed by atoms with E-state index in [-0.39, 0.29) is 0 Å². The second-order valence-corrected chi connectivity index (χ2v) is 1.99. The fourth-order valence-electron chi connectivity index (χ4n) is 0. The van der Waals surface area contributed by atoms with Gasteiger partial charge in [-0.15, -0.1) is 0 Å². The second-order valence-electron chi connectivity index (χ2n) is 1.99. The average molecular weight is 163 g/mol. The number of hydrogen-bond donors (Lipinski definition) is 1. The number of ether oxygens (including phenoxy) is 1. The van der Waals surface area contributed by atoms with E-state index in [1.807, 2.05) is 14.0 Å². The molecule has 0 aromatic rings. The Kier molecular flexibility index (Phi) is 50.8. The summed E-state index contributed by atoms with van der Waals surface area (Å²) < 4.78 is 4.54. The molecule has 0 bridgehead atoms. The van der Waals surface area contributed by atoms with Gasteiger partial charge in [0.2, 0.25) is 0 Å². The Balaban J connectivity index is -0.0000000886. The zero-order chi connectivity index (χ0) is 9.54. The van der Waals surface area contributed by atoms with Gasteiger partial charge >= 0.3 is 0 Å². The molecule has 0 radical (unpaired) electrons. The molecule has 0 aliphatic heterocycles. The number of hydrogen-bond acceptors (Lipinski definition) is 2. The average Bonchev–Trinajstić information content (AvgIpc) is 2.06. The zero-order valence-corrected chi connectivity index (χ0v) is 9.03. The summed E-state index contributed by atoms with van der Waals surface area (Å²) in [6.07, 6.45) is 1.25. The molecule has 1 N–H and O–H groups in total. The molecule has 0 heterocycles. The highest BCUT2D eigenvalue weighted by atomic mass is 16.5. The minimum Gasteiger partial charge on any atom is -0.385 e. The molecule has 0 fully saturated rings. The van der Waals surface area contributed by atoms with Crippen molar-refractivity contribution >= 4 is 0 Å². The summed E-state index contributed by atoms with van der Waals surface area (Å²) in [6, 6.07) is 0. The molecule has 0 spiro atoms. The van der Waals surface area contributed by atoms with Crippen LogP contribution in [0.25, 0.3) is 0 Å². The Morgan fingerprint density at radius 2 is 1.27 bits per heavy atom. The third kappa shape index (κ3) is 169. The maximum Gasteiger partial charge on any atom is 0.0433 e. The lowest BCUT2D eigenvalue weighted by atomic mass is 10.6. The summed E-state index contributed by atoms with van der Waals surface area (Å²) >= 11 is 0. The molecule has 11 heavy (non-hydrogen) atoms. The van der Waals surface area contributed by atoms with Crippen molar-refractivity contribution in [2.45, 2.75) is 34.1 Å². The van der Waals surface area contributed by atoms with Crippen LogP contribution in [0.2, 0.25) is 0 Å². The molecule has 0 aromatic heterocycles. The Morgan fingerprint density at radius 1 is 1.09 bits per heavy atom. The minimum absolute atomic E-state index is 0.819. The highest BCUT2D eigenvalue weighted by Gasteiger charge is 1.51. The van der Waals surface area contributed by atoms with Crippen LogP contribution in [0.4, 0.5) is 0 Å². The van der Waals surface area contributed by atoms with Gasteiger partial charge in [0.05, 0.1) is 0 Å². The molecule has 0 aliphatic rings. The maximum absolute atomic E-state index is 4.54. The number of nitrogens with one attached hydrogen (secondary N) is 1. The van der Waals surface area contributed by atoms with E-state index in [0.29, 0.717) is 0 Å². The largest absolute Gasteiger partial charge is 0.385 e. The zero-order valence-electron chi connectivity index (χ0n) is 9.03. The molecule has 0 rings (SSSR count). The van der Waals surface area contributed by atoms with Crippen LogP contribution in [-0.4, -0.2) is 27.3 Å². The van der Waals surface area contributed by atoms with Gasteiger partial charge in [0.1, 0.15) is 0 Å². The standard InChI is InChI=1S/C3H9N.C3H8O.C3H8/c2*1-3-4-2;1-3-2/h4H,3H2,1-2H3;3H2,1-2H3;3H2,1-2H3. The predicted molar refractivity (Wildman–Crippen MR) is 53.1 cm³/mol. The molecule has 2 nitrogen and oxygen atoms in total. The fraction of sp³-hybridized carbons (Fsp3) is 1.00. The Bertz CT molecular complexity index is 24.7. The highest BCUT2D eigenvalue weighted by Crippen LogP contribution is 1.56. The van der Waals surface area contributed by atoms with E-state index in [1.165, 1.54) is 6.42 Å². The molecule has 0 amide bonds. The highest BCUT2D eigenvalue weighted by molar-refractivity contribution is 4.15. The van der Waals surface area contributed by atoms with Crippen molar-refractivity contribution in [2.75, 3.05) is 27.3 Å². The van der Waals surface area contributed by atoms with E-state index < -0.39 is 0 Å². The summed E-state index contributed by atoms with van der Waals surface area (Å²) in [5.41, 5.74) is 0. The lowest BCUT2D eigenvalue weighted by Crippen LogP contribution is -2.01. The summed E-state index contributed by atoms with van der Waals surface area (Å²) in [6.45, 7) is 10.2. The summed E-state index contributed by atoms with van der Waals surface area (Å²) in [4.78, 5) is 0. The lowest BCUT2D eigenvalue weighted by molar-refractivity contribution is 0.215. The first-order chi connectivity index (χ1) is 5.24. The van der Waals surface area contributed by atoms with Gasteiger partial charge in [-0.2, -0.15) is 0 Å². The predicted octanol–water partition coefficient (Wildman–Crippen LogP) is 2.29. The van der Waals surface area contributed by atoms with Crippen molar-refractivity contribution in [3.05, 3.63) is 0 Å². The minimum atomic E-state index is 0.819. The van der Waals surface area contributed by atoms with Crippen molar-refractivity contribution < 1.29 is 4.74 Å². The molecule has 72 valence electrons. The maximum atomic E-state index is 4.54. The molecule has 0 saturated heterocycles. The number of rotatable bonds is 2. The Morgan fingerprint density at radius 3 is 1.27 bits per heavy atom. The first-order valence-corrected chi connectivity index (χ1v) is 4.38. The van der Waals surface area contributed by atoms with E-state index in [0.717, 1.165) is 13.2 Å². The van der Waals surface area contributed by atoms with Gasteiger partial charge in [-0.1, -0.05) is 27.2 Å². The molecule has 0 saturated carbocycles.